The Morgan fingerprint density at radius 2 is 1.58 bits per heavy atom. The molecule has 12 heteroatoms. The predicted octanol–water partition coefficient (Wildman–Crippen LogP) is 3.22. The Balaban J connectivity index is 1.75. The number of ether oxygens (including phenoxy) is 2. The molecule has 10 nitrogen and oxygen atoms in total. The van der Waals surface area contributed by atoms with Crippen LogP contribution in [0.3, 0.4) is 0 Å². The van der Waals surface area contributed by atoms with Crippen molar-refractivity contribution in [1.82, 2.24) is 0 Å². The molecule has 0 aliphatic carbocycles. The third-order valence-electron chi connectivity index (χ3n) is 5.06. The average Bonchev–Trinajstić information content (AvgIpc) is 2.81. The van der Waals surface area contributed by atoms with E-state index in [0.29, 0.717) is 17.1 Å². The van der Waals surface area contributed by atoms with Crippen LogP contribution in [0.1, 0.15) is 5.56 Å². The van der Waals surface area contributed by atoms with Crippen molar-refractivity contribution in [2.45, 2.75) is 11.8 Å². The summed E-state index contributed by atoms with van der Waals surface area (Å²) in [5.74, 6) is 0.0375. The zero-order valence-electron chi connectivity index (χ0n) is 20.2. The number of anilines is 3. The first-order valence-corrected chi connectivity index (χ1v) is 14.0. The van der Waals surface area contributed by atoms with Gasteiger partial charge in [0.1, 0.15) is 18.0 Å². The fraction of sp³-hybridized carbons (Fsp3) is 0.208. The SMILES string of the molecule is COc1ccc(N(CC(=O)Nc2ccc(S(=O)(=O)Nc3cccc(C)c3)cc2)S(C)(=O)=O)c(OC)c1. The lowest BCUT2D eigenvalue weighted by molar-refractivity contribution is -0.114. The van der Waals surface area contributed by atoms with Gasteiger partial charge in [0.2, 0.25) is 15.9 Å². The van der Waals surface area contributed by atoms with Crippen molar-refractivity contribution < 1.29 is 31.1 Å². The lowest BCUT2D eigenvalue weighted by Crippen LogP contribution is -2.37. The third-order valence-corrected chi connectivity index (χ3v) is 7.59. The van der Waals surface area contributed by atoms with E-state index in [1.165, 1.54) is 50.6 Å². The van der Waals surface area contributed by atoms with Crippen LogP contribution in [-0.4, -0.2) is 49.8 Å². The highest BCUT2D eigenvalue weighted by Gasteiger charge is 2.24. The minimum absolute atomic E-state index is 0.00253. The summed E-state index contributed by atoms with van der Waals surface area (Å²) in [5.41, 5.74) is 1.80. The Morgan fingerprint density at radius 1 is 0.889 bits per heavy atom. The van der Waals surface area contributed by atoms with E-state index in [1.807, 2.05) is 13.0 Å². The van der Waals surface area contributed by atoms with Gasteiger partial charge in [-0.1, -0.05) is 12.1 Å². The lowest BCUT2D eigenvalue weighted by Gasteiger charge is -2.24. The molecule has 0 fully saturated rings. The monoisotopic (exact) mass is 533 g/mol. The summed E-state index contributed by atoms with van der Waals surface area (Å²) >= 11 is 0. The van der Waals surface area contributed by atoms with Crippen LogP contribution in [0.5, 0.6) is 11.5 Å². The van der Waals surface area contributed by atoms with E-state index in [-0.39, 0.29) is 16.3 Å². The molecule has 0 heterocycles. The number of nitrogens with one attached hydrogen (secondary N) is 2. The van der Waals surface area contributed by atoms with Crippen molar-refractivity contribution in [3.8, 4) is 11.5 Å². The standard InChI is InChI=1S/C24H27N3O7S2/c1-17-6-5-7-19(14-17)26-36(31,32)21-11-8-18(9-12-21)25-24(28)16-27(35(4,29)30)22-13-10-20(33-2)15-23(22)34-3/h5-15,26H,16H2,1-4H3,(H,25,28). The van der Waals surface area contributed by atoms with Crippen molar-refractivity contribution in [1.29, 1.82) is 0 Å². The second kappa shape index (κ2) is 10.9. The maximum Gasteiger partial charge on any atom is 0.261 e. The van der Waals surface area contributed by atoms with Crippen molar-refractivity contribution in [2.75, 3.05) is 41.4 Å². The lowest BCUT2D eigenvalue weighted by atomic mass is 10.2. The van der Waals surface area contributed by atoms with E-state index in [9.17, 15) is 21.6 Å². The summed E-state index contributed by atoms with van der Waals surface area (Å²) < 4.78 is 64.1. The first-order chi connectivity index (χ1) is 16.9. The molecule has 3 aromatic rings. The number of methoxy groups -OCH3 is 2. The van der Waals surface area contributed by atoms with Gasteiger partial charge in [-0.25, -0.2) is 16.8 Å². The number of carbonyl (C=O) groups excluding carboxylic acids is 1. The molecule has 0 aliphatic rings. The molecule has 2 N–H and O–H groups in total. The minimum atomic E-state index is -3.85. The van der Waals surface area contributed by atoms with Gasteiger partial charge in [0.25, 0.3) is 10.0 Å². The molecule has 3 rings (SSSR count). The highest BCUT2D eigenvalue weighted by atomic mass is 32.2. The van der Waals surface area contributed by atoms with Gasteiger partial charge < -0.3 is 14.8 Å². The van der Waals surface area contributed by atoms with Gasteiger partial charge in [0.15, 0.2) is 0 Å². The van der Waals surface area contributed by atoms with Gasteiger partial charge >= 0.3 is 0 Å². The van der Waals surface area contributed by atoms with Crippen LogP contribution in [-0.2, 0) is 24.8 Å². The second-order valence-electron chi connectivity index (χ2n) is 7.85. The van der Waals surface area contributed by atoms with Gasteiger partial charge in [-0.3, -0.25) is 13.8 Å². The van der Waals surface area contributed by atoms with Gasteiger partial charge in [-0.15, -0.1) is 0 Å². The van der Waals surface area contributed by atoms with Crippen molar-refractivity contribution in [3.05, 3.63) is 72.3 Å². The van der Waals surface area contributed by atoms with Gasteiger partial charge in [-0.2, -0.15) is 0 Å². The number of nitrogens with zero attached hydrogens (tertiary/aromatic N) is 1. The molecule has 0 aliphatic heterocycles. The molecule has 0 atom stereocenters. The molecule has 0 bridgehead atoms. The summed E-state index contributed by atoms with van der Waals surface area (Å²) in [6, 6.07) is 17.0. The zero-order valence-corrected chi connectivity index (χ0v) is 21.8. The fourth-order valence-electron chi connectivity index (χ4n) is 3.34. The highest BCUT2D eigenvalue weighted by Crippen LogP contribution is 2.33. The Kier molecular flexibility index (Phi) is 8.10. The molecule has 3 aromatic carbocycles. The van der Waals surface area contributed by atoms with Crippen LogP contribution in [0.4, 0.5) is 17.1 Å². The quantitative estimate of drug-likeness (QED) is 0.409. The summed E-state index contributed by atoms with van der Waals surface area (Å²) in [4.78, 5) is 12.7. The first kappa shape index (κ1) is 26.8. The van der Waals surface area contributed by atoms with Crippen LogP contribution in [0.25, 0.3) is 0 Å². The zero-order chi connectivity index (χ0) is 26.5. The van der Waals surface area contributed by atoms with Gasteiger partial charge in [0.05, 0.1) is 31.1 Å². The summed E-state index contributed by atoms with van der Waals surface area (Å²) in [6.45, 7) is 1.32. The van der Waals surface area contributed by atoms with Crippen LogP contribution >= 0.6 is 0 Å². The fourth-order valence-corrected chi connectivity index (χ4v) is 5.25. The number of rotatable bonds is 10. The van der Waals surface area contributed by atoms with Crippen LogP contribution in [0, 0.1) is 6.92 Å². The number of hydrogen-bond acceptors (Lipinski definition) is 7. The molecule has 0 spiro atoms. The molecule has 0 saturated carbocycles. The van der Waals surface area contributed by atoms with Crippen LogP contribution in [0.15, 0.2) is 71.6 Å². The minimum Gasteiger partial charge on any atom is -0.497 e. The number of benzene rings is 3. The van der Waals surface area contributed by atoms with Gasteiger partial charge in [0, 0.05) is 17.4 Å². The van der Waals surface area contributed by atoms with E-state index >= 15 is 0 Å². The number of hydrogen-bond donors (Lipinski definition) is 2. The average molecular weight is 534 g/mol. The Bertz CT molecular complexity index is 1460. The normalized spacial score (nSPS) is 11.4. The maximum absolute atomic E-state index is 12.7. The van der Waals surface area contributed by atoms with E-state index in [1.54, 1.807) is 24.3 Å². The van der Waals surface area contributed by atoms with E-state index in [2.05, 4.69) is 10.0 Å². The van der Waals surface area contributed by atoms with Crippen molar-refractivity contribution in [2.24, 2.45) is 0 Å². The summed E-state index contributed by atoms with van der Waals surface area (Å²) in [5, 5.41) is 2.58. The maximum atomic E-state index is 12.7. The van der Waals surface area contributed by atoms with E-state index < -0.39 is 32.5 Å². The molecule has 192 valence electrons. The largest absolute Gasteiger partial charge is 0.497 e. The Labute approximate surface area is 211 Å². The number of carbonyl (C=O) groups is 1. The van der Waals surface area contributed by atoms with E-state index in [4.69, 9.17) is 9.47 Å². The molecular formula is C24H27N3O7S2. The van der Waals surface area contributed by atoms with Crippen LogP contribution < -0.4 is 23.8 Å². The predicted molar refractivity (Wildman–Crippen MR) is 139 cm³/mol. The molecule has 0 aromatic heterocycles. The first-order valence-electron chi connectivity index (χ1n) is 10.6. The highest BCUT2D eigenvalue weighted by molar-refractivity contribution is 7.92. The smallest absolute Gasteiger partial charge is 0.261 e. The van der Waals surface area contributed by atoms with Gasteiger partial charge in [-0.05, 0) is 61.0 Å². The molecule has 0 radical (unpaired) electrons. The molecule has 0 unspecified atom stereocenters. The number of sulfonamides is 2. The topological polar surface area (TPSA) is 131 Å². The second-order valence-corrected chi connectivity index (χ2v) is 11.4. The number of aryl methyl sites for hydroxylation is 1. The number of amides is 1. The third kappa shape index (κ3) is 6.67. The summed E-state index contributed by atoms with van der Waals surface area (Å²) in [6.07, 6.45) is 0.977. The molecular weight excluding hydrogens is 506 g/mol. The van der Waals surface area contributed by atoms with Crippen LogP contribution in [0.2, 0.25) is 0 Å². The Morgan fingerprint density at radius 3 is 2.17 bits per heavy atom. The summed E-state index contributed by atoms with van der Waals surface area (Å²) in [7, 11) is -4.85. The Hall–Kier alpha value is -3.77. The van der Waals surface area contributed by atoms with Crippen molar-refractivity contribution >= 4 is 43.0 Å². The molecule has 0 saturated heterocycles. The van der Waals surface area contributed by atoms with Crippen molar-refractivity contribution in [3.63, 3.8) is 0 Å². The molecule has 36 heavy (non-hydrogen) atoms. The molecule has 1 amide bonds. The van der Waals surface area contributed by atoms with E-state index in [0.717, 1.165) is 16.1 Å².